The molecule has 0 saturated heterocycles. The molecule has 2 heterocycles. The molecule has 16 heavy (non-hydrogen) atoms. The zero-order valence-electron chi connectivity index (χ0n) is 8.79. The minimum Gasteiger partial charge on any atom is -0.385 e. The van der Waals surface area contributed by atoms with E-state index in [1.807, 2.05) is 13.0 Å². The zero-order chi connectivity index (χ0) is 11.3. The maximum atomic E-state index is 11.8. The van der Waals surface area contributed by atoms with E-state index in [-0.39, 0.29) is 5.43 Å². The molecule has 0 aliphatic rings. The first-order valence-corrected chi connectivity index (χ1v) is 5.06. The number of rotatable bonds is 0. The molecule has 0 amide bonds. The van der Waals surface area contributed by atoms with Crippen LogP contribution in [-0.4, -0.2) is 9.97 Å². The average molecular weight is 213 g/mol. The van der Waals surface area contributed by atoms with Gasteiger partial charge in [0.25, 0.3) is 0 Å². The summed E-state index contributed by atoms with van der Waals surface area (Å²) in [6.07, 6.45) is 0. The predicted molar refractivity (Wildman–Crippen MR) is 65.6 cm³/mol. The molecular weight excluding hydrogens is 202 g/mol. The van der Waals surface area contributed by atoms with Crippen molar-refractivity contribution in [3.05, 3.63) is 40.2 Å². The lowest BCUT2D eigenvalue weighted by molar-refractivity contribution is 1.23. The molecule has 0 fully saturated rings. The predicted octanol–water partition coefficient (Wildman–Crippen LogP) is 1.90. The van der Waals surface area contributed by atoms with Crippen LogP contribution in [0.5, 0.6) is 0 Å². The van der Waals surface area contributed by atoms with Gasteiger partial charge in [0.05, 0.1) is 16.4 Å². The Balaban J connectivity index is 2.69. The van der Waals surface area contributed by atoms with Gasteiger partial charge in [0.1, 0.15) is 5.82 Å². The fraction of sp³-hybridized carbons (Fsp3) is 0.0833. The topological polar surface area (TPSA) is 74.7 Å². The summed E-state index contributed by atoms with van der Waals surface area (Å²) >= 11 is 0. The first-order valence-electron chi connectivity index (χ1n) is 5.06. The van der Waals surface area contributed by atoms with Crippen molar-refractivity contribution in [2.24, 2.45) is 0 Å². The van der Waals surface area contributed by atoms with E-state index in [1.54, 1.807) is 18.2 Å². The Kier molecular flexibility index (Phi) is 1.63. The van der Waals surface area contributed by atoms with Crippen LogP contribution in [0.1, 0.15) is 5.69 Å². The molecule has 4 N–H and O–H groups in total. The molecule has 2 aromatic heterocycles. The lowest BCUT2D eigenvalue weighted by Crippen LogP contribution is -1.97. The number of nitrogens with two attached hydrogens (primary N) is 1. The van der Waals surface area contributed by atoms with E-state index in [0.717, 1.165) is 22.1 Å². The third-order valence-electron chi connectivity index (χ3n) is 2.83. The number of anilines is 1. The summed E-state index contributed by atoms with van der Waals surface area (Å²) in [5, 5.41) is 1.59. The van der Waals surface area contributed by atoms with Crippen LogP contribution in [-0.2, 0) is 0 Å². The van der Waals surface area contributed by atoms with Crippen LogP contribution in [0.2, 0.25) is 0 Å². The second-order valence-corrected chi connectivity index (χ2v) is 3.94. The van der Waals surface area contributed by atoms with Crippen LogP contribution < -0.4 is 11.2 Å². The highest BCUT2D eigenvalue weighted by Crippen LogP contribution is 2.25. The molecule has 3 rings (SSSR count). The molecule has 4 nitrogen and oxygen atoms in total. The largest absolute Gasteiger partial charge is 0.385 e. The number of hydrogen-bond acceptors (Lipinski definition) is 2. The number of hydrogen-bond donors (Lipinski definition) is 3. The normalized spacial score (nSPS) is 11.3. The van der Waals surface area contributed by atoms with Gasteiger partial charge in [-0.15, -0.1) is 0 Å². The summed E-state index contributed by atoms with van der Waals surface area (Å²) in [6.45, 7) is 1.93. The number of fused-ring (bicyclic) bond motifs is 3. The number of nitrogens with one attached hydrogen (secondary N) is 2. The van der Waals surface area contributed by atoms with Crippen LogP contribution in [0.4, 0.5) is 5.82 Å². The van der Waals surface area contributed by atoms with E-state index in [0.29, 0.717) is 11.2 Å². The second kappa shape index (κ2) is 2.88. The summed E-state index contributed by atoms with van der Waals surface area (Å²) in [5.74, 6) is 0.564. The maximum absolute atomic E-state index is 11.8. The zero-order valence-corrected chi connectivity index (χ0v) is 8.79. The third-order valence-corrected chi connectivity index (χ3v) is 2.83. The van der Waals surface area contributed by atoms with Gasteiger partial charge in [-0.25, -0.2) is 0 Å². The molecule has 0 bridgehead atoms. The summed E-state index contributed by atoms with van der Waals surface area (Å²) in [6, 6.07) is 7.01. The van der Waals surface area contributed by atoms with Crippen molar-refractivity contribution in [1.82, 2.24) is 9.97 Å². The number of pyridine rings is 1. The average Bonchev–Trinajstić information content (AvgIpc) is 2.58. The van der Waals surface area contributed by atoms with Crippen molar-refractivity contribution in [3.63, 3.8) is 0 Å². The first kappa shape index (κ1) is 9.03. The SMILES string of the molecule is Cc1[nH]c(N)cc2c1[nH]c1cccc(=O)c12. The van der Waals surface area contributed by atoms with Crippen molar-refractivity contribution in [2.45, 2.75) is 6.92 Å². The highest BCUT2D eigenvalue weighted by atomic mass is 16.1. The Hall–Kier alpha value is -2.23. The van der Waals surface area contributed by atoms with E-state index in [1.165, 1.54) is 0 Å². The summed E-state index contributed by atoms with van der Waals surface area (Å²) in [4.78, 5) is 18.1. The monoisotopic (exact) mass is 213 g/mol. The number of benzene rings is 1. The van der Waals surface area contributed by atoms with E-state index in [4.69, 9.17) is 5.73 Å². The molecule has 0 atom stereocenters. The van der Waals surface area contributed by atoms with Crippen LogP contribution >= 0.6 is 0 Å². The third kappa shape index (κ3) is 1.07. The lowest BCUT2D eigenvalue weighted by Gasteiger charge is -1.99. The first-order chi connectivity index (χ1) is 7.66. The van der Waals surface area contributed by atoms with Gasteiger partial charge in [-0.1, -0.05) is 6.07 Å². The number of H-pyrrole nitrogens is 2. The molecule has 0 spiro atoms. The number of nitrogen functional groups attached to an aromatic ring is 1. The number of aromatic amines is 2. The van der Waals surface area contributed by atoms with Crippen LogP contribution in [0.25, 0.3) is 21.8 Å². The Morgan fingerprint density at radius 2 is 2.06 bits per heavy atom. The van der Waals surface area contributed by atoms with E-state index in [2.05, 4.69) is 9.97 Å². The maximum Gasteiger partial charge on any atom is 0.188 e. The van der Waals surface area contributed by atoms with Crippen molar-refractivity contribution in [3.8, 4) is 0 Å². The standard InChI is InChI=1S/C12H11N3O/c1-6-12-7(5-10(13)14-6)11-8(15-12)3-2-4-9(11)16/h2-5,14-15H,13H2,1H3. The van der Waals surface area contributed by atoms with Gasteiger partial charge in [0.2, 0.25) is 0 Å². The molecule has 0 saturated carbocycles. The van der Waals surface area contributed by atoms with E-state index < -0.39 is 0 Å². The van der Waals surface area contributed by atoms with Crippen molar-refractivity contribution in [1.29, 1.82) is 0 Å². The molecule has 1 aromatic carbocycles. The van der Waals surface area contributed by atoms with Crippen molar-refractivity contribution < 1.29 is 0 Å². The van der Waals surface area contributed by atoms with Crippen molar-refractivity contribution >= 4 is 27.6 Å². The molecular formula is C12H11N3O. The highest BCUT2D eigenvalue weighted by Gasteiger charge is 2.09. The number of aryl methyl sites for hydroxylation is 1. The van der Waals surface area contributed by atoms with Gasteiger partial charge in [0.15, 0.2) is 5.43 Å². The van der Waals surface area contributed by atoms with Gasteiger partial charge < -0.3 is 15.7 Å². The molecule has 0 unspecified atom stereocenters. The smallest absolute Gasteiger partial charge is 0.188 e. The van der Waals surface area contributed by atoms with Crippen LogP contribution in [0.3, 0.4) is 0 Å². The van der Waals surface area contributed by atoms with Crippen molar-refractivity contribution in [2.75, 3.05) is 5.73 Å². The fourth-order valence-electron chi connectivity index (χ4n) is 2.15. The molecule has 0 aliphatic heterocycles. The van der Waals surface area contributed by atoms with Gasteiger partial charge in [-0.05, 0) is 25.1 Å². The molecule has 4 heteroatoms. The Morgan fingerprint density at radius 1 is 1.25 bits per heavy atom. The summed E-state index contributed by atoms with van der Waals surface area (Å²) in [5.41, 5.74) is 8.50. The lowest BCUT2D eigenvalue weighted by atomic mass is 10.1. The van der Waals surface area contributed by atoms with Gasteiger partial charge >= 0.3 is 0 Å². The van der Waals surface area contributed by atoms with E-state index in [9.17, 15) is 4.79 Å². The van der Waals surface area contributed by atoms with Gasteiger partial charge in [0, 0.05) is 11.1 Å². The highest BCUT2D eigenvalue weighted by molar-refractivity contribution is 6.08. The molecule has 3 aromatic rings. The quantitative estimate of drug-likeness (QED) is 0.533. The second-order valence-electron chi connectivity index (χ2n) is 3.94. The number of aromatic nitrogens is 2. The Labute approximate surface area is 91.1 Å². The van der Waals surface area contributed by atoms with Gasteiger partial charge in [-0.2, -0.15) is 0 Å². The molecule has 0 radical (unpaired) electrons. The minimum atomic E-state index is 0.0220. The minimum absolute atomic E-state index is 0.0220. The Morgan fingerprint density at radius 3 is 2.88 bits per heavy atom. The Bertz CT molecular complexity index is 752. The van der Waals surface area contributed by atoms with Crippen LogP contribution in [0.15, 0.2) is 29.1 Å². The summed E-state index contributed by atoms with van der Waals surface area (Å²) < 4.78 is 0. The molecule has 0 aliphatic carbocycles. The fourth-order valence-corrected chi connectivity index (χ4v) is 2.15. The van der Waals surface area contributed by atoms with E-state index >= 15 is 0 Å². The van der Waals surface area contributed by atoms with Crippen LogP contribution in [0, 0.1) is 6.92 Å². The van der Waals surface area contributed by atoms with Gasteiger partial charge in [-0.3, -0.25) is 4.79 Å². The summed E-state index contributed by atoms with van der Waals surface area (Å²) in [7, 11) is 0. The molecule has 80 valence electrons.